The second kappa shape index (κ2) is 11.3. The number of thiazole rings is 1. The molecule has 1 aromatic heterocycles. The topological polar surface area (TPSA) is 103 Å². The summed E-state index contributed by atoms with van der Waals surface area (Å²) in [6.45, 7) is 8.69. The number of anilines is 1. The number of aromatic nitrogens is 1. The lowest BCUT2D eigenvalue weighted by Crippen LogP contribution is -2.48. The summed E-state index contributed by atoms with van der Waals surface area (Å²) in [6, 6.07) is 11.8. The van der Waals surface area contributed by atoms with Gasteiger partial charge >= 0.3 is 5.97 Å². The predicted molar refractivity (Wildman–Crippen MR) is 163 cm³/mol. The third kappa shape index (κ3) is 5.77. The molecule has 2 N–H and O–H groups in total. The van der Waals surface area contributed by atoms with E-state index in [-0.39, 0.29) is 23.7 Å². The van der Waals surface area contributed by atoms with Crippen LogP contribution >= 0.6 is 11.3 Å². The van der Waals surface area contributed by atoms with Gasteiger partial charge in [-0.1, -0.05) is 17.7 Å². The maximum Gasteiger partial charge on any atom is 0.307 e. The second-order valence-corrected chi connectivity index (χ2v) is 13.5. The molecule has 1 aliphatic carbocycles. The third-order valence-corrected chi connectivity index (χ3v) is 10.1. The number of benzene rings is 2. The Morgan fingerprint density at radius 3 is 2.57 bits per heavy atom. The van der Waals surface area contributed by atoms with E-state index in [0.29, 0.717) is 31.7 Å². The fourth-order valence-corrected chi connectivity index (χ4v) is 7.85. The monoisotopic (exact) mass is 589 g/mol. The number of rotatable bonds is 7. The first-order chi connectivity index (χ1) is 20.1. The van der Waals surface area contributed by atoms with Crippen LogP contribution in [0.5, 0.6) is 5.75 Å². The lowest BCUT2D eigenvalue weighted by Gasteiger charge is -2.36. The maximum absolute atomic E-state index is 13.1. The maximum atomic E-state index is 13.1. The number of ether oxygens (including phenoxy) is 1. The normalized spacial score (nSPS) is 25.5. The average molecular weight is 590 g/mol. The highest BCUT2D eigenvalue weighted by molar-refractivity contribution is 7.14. The van der Waals surface area contributed by atoms with Gasteiger partial charge < -0.3 is 24.7 Å². The molecule has 2 aliphatic heterocycles. The first kappa shape index (κ1) is 28.7. The molecule has 2 aromatic carbocycles. The van der Waals surface area contributed by atoms with Gasteiger partial charge in [0.2, 0.25) is 0 Å². The number of fused-ring (bicyclic) bond motifs is 2. The number of hydrogen-bond acceptors (Lipinski definition) is 7. The molecule has 2 saturated heterocycles. The van der Waals surface area contributed by atoms with Crippen LogP contribution in [0.25, 0.3) is 11.3 Å². The van der Waals surface area contributed by atoms with Gasteiger partial charge in [-0.3, -0.25) is 9.59 Å². The van der Waals surface area contributed by atoms with Crippen LogP contribution in [0.4, 0.5) is 5.13 Å². The van der Waals surface area contributed by atoms with Crippen LogP contribution in [0.15, 0.2) is 41.8 Å². The fourth-order valence-electron chi connectivity index (χ4n) is 7.01. The number of carboxylic acids is 1. The van der Waals surface area contributed by atoms with Crippen molar-refractivity contribution in [1.29, 1.82) is 0 Å². The van der Waals surface area contributed by atoms with Crippen LogP contribution in [-0.2, 0) is 11.4 Å². The van der Waals surface area contributed by atoms with Crippen molar-refractivity contribution in [3.8, 4) is 17.0 Å². The summed E-state index contributed by atoms with van der Waals surface area (Å²) in [5, 5.41) is 23.1. The number of nitrogens with zero attached hydrogens (tertiary/aromatic N) is 3. The van der Waals surface area contributed by atoms with Crippen LogP contribution in [0, 0.1) is 31.6 Å². The molecule has 0 spiro atoms. The Morgan fingerprint density at radius 1 is 1.12 bits per heavy atom. The van der Waals surface area contributed by atoms with Gasteiger partial charge in [0.15, 0.2) is 5.13 Å². The van der Waals surface area contributed by atoms with Crippen LogP contribution in [0.1, 0.15) is 59.7 Å². The summed E-state index contributed by atoms with van der Waals surface area (Å²) in [4.78, 5) is 33.9. The molecule has 1 amide bonds. The standard InChI is InChI=1S/C33H39N3O5S/c1-20-5-10-28(41-17-25-9-6-22(14-21(25)2)30(37)35-12-4-11-33(3,40)19-35)26(13-20)27-18-42-32(34-27)36-15-23-7-8-24(16-36)29(23)31(38)39/h5-6,9-10,13-14,18,23-24,29,40H,4,7-8,11-12,15-17,19H2,1-3H3,(H,38,39)/t23-,24+,29+,33?. The number of amides is 1. The van der Waals surface area contributed by atoms with Gasteiger partial charge in [0.1, 0.15) is 12.4 Å². The lowest BCUT2D eigenvalue weighted by molar-refractivity contribution is -0.144. The summed E-state index contributed by atoms with van der Waals surface area (Å²) >= 11 is 1.60. The van der Waals surface area contributed by atoms with E-state index < -0.39 is 11.6 Å². The van der Waals surface area contributed by atoms with E-state index >= 15 is 0 Å². The molecule has 2 bridgehead atoms. The zero-order valence-corrected chi connectivity index (χ0v) is 25.3. The molecule has 222 valence electrons. The van der Waals surface area contributed by atoms with Crippen molar-refractivity contribution in [2.75, 3.05) is 31.1 Å². The molecule has 4 atom stereocenters. The number of aliphatic hydroxyl groups is 1. The zero-order valence-electron chi connectivity index (χ0n) is 24.5. The Bertz CT molecular complexity index is 1490. The number of β-amino-alcohol motifs (C(OH)–C–C–N with tert-alkyl or cyclic N) is 1. The molecular formula is C33H39N3O5S. The minimum Gasteiger partial charge on any atom is -0.488 e. The summed E-state index contributed by atoms with van der Waals surface area (Å²) in [7, 11) is 0. The Kier molecular flexibility index (Phi) is 7.74. The number of carbonyl (C=O) groups is 2. The minimum atomic E-state index is -0.836. The first-order valence-corrected chi connectivity index (χ1v) is 15.7. The fraction of sp³-hybridized carbons (Fsp3) is 0.485. The number of aliphatic carboxylic acids is 1. The van der Waals surface area contributed by atoms with Crippen molar-refractivity contribution in [2.45, 2.75) is 58.7 Å². The second-order valence-electron chi connectivity index (χ2n) is 12.6. The number of hydrogen-bond donors (Lipinski definition) is 2. The molecule has 0 radical (unpaired) electrons. The third-order valence-electron chi connectivity index (χ3n) is 9.23. The first-order valence-electron chi connectivity index (χ1n) is 14.9. The molecule has 3 heterocycles. The van der Waals surface area contributed by atoms with Crippen LogP contribution in [0.3, 0.4) is 0 Å². The average Bonchev–Trinajstić information content (AvgIpc) is 3.54. The summed E-state index contributed by atoms with van der Waals surface area (Å²) < 4.78 is 6.35. The molecule has 8 nitrogen and oxygen atoms in total. The number of carboxylic acid groups (broad SMARTS) is 1. The Balaban J connectivity index is 1.15. The predicted octanol–water partition coefficient (Wildman–Crippen LogP) is 5.54. The van der Waals surface area contributed by atoms with Crippen LogP contribution < -0.4 is 9.64 Å². The molecular weight excluding hydrogens is 550 g/mol. The van der Waals surface area contributed by atoms with Crippen molar-refractivity contribution >= 4 is 28.3 Å². The van der Waals surface area contributed by atoms with Gasteiger partial charge in [-0.15, -0.1) is 11.3 Å². The van der Waals surface area contributed by atoms with Crippen molar-refractivity contribution < 1.29 is 24.5 Å². The lowest BCUT2D eigenvalue weighted by atomic mass is 9.85. The molecule has 3 aliphatic rings. The molecule has 3 aromatic rings. The molecule has 42 heavy (non-hydrogen) atoms. The van der Waals surface area contributed by atoms with E-state index in [4.69, 9.17) is 9.72 Å². The number of piperidine rings is 2. The van der Waals surface area contributed by atoms with E-state index in [1.54, 1.807) is 23.2 Å². The quantitative estimate of drug-likeness (QED) is 0.373. The van der Waals surface area contributed by atoms with E-state index in [1.807, 2.05) is 37.3 Å². The smallest absolute Gasteiger partial charge is 0.307 e. The summed E-state index contributed by atoms with van der Waals surface area (Å²) in [5.74, 6) is 0.186. The largest absolute Gasteiger partial charge is 0.488 e. The van der Waals surface area contributed by atoms with Crippen LogP contribution in [-0.4, -0.2) is 63.8 Å². The van der Waals surface area contributed by atoms with Crippen molar-refractivity contribution in [3.05, 3.63) is 64.0 Å². The highest BCUT2D eigenvalue weighted by atomic mass is 32.1. The number of likely N-dealkylation sites (tertiary alicyclic amines) is 1. The molecule has 3 fully saturated rings. The van der Waals surface area contributed by atoms with E-state index in [9.17, 15) is 19.8 Å². The van der Waals surface area contributed by atoms with E-state index in [0.717, 1.165) is 71.2 Å². The molecule has 1 unspecified atom stereocenters. The summed E-state index contributed by atoms with van der Waals surface area (Å²) in [6.07, 6.45) is 3.46. The number of carbonyl (C=O) groups excluding carboxylic acids is 1. The van der Waals surface area contributed by atoms with Gasteiger partial charge in [-0.25, -0.2) is 4.98 Å². The van der Waals surface area contributed by atoms with E-state index in [2.05, 4.69) is 23.3 Å². The Hall–Kier alpha value is -3.43. The van der Waals surface area contributed by atoms with Crippen LogP contribution in [0.2, 0.25) is 0 Å². The molecule has 1 saturated carbocycles. The van der Waals surface area contributed by atoms with Crippen molar-refractivity contribution in [1.82, 2.24) is 9.88 Å². The molecule has 9 heteroatoms. The highest BCUT2D eigenvalue weighted by Gasteiger charge is 2.46. The van der Waals surface area contributed by atoms with Gasteiger partial charge in [0.05, 0.1) is 17.2 Å². The van der Waals surface area contributed by atoms with Gasteiger partial charge in [-0.05, 0) is 93.7 Å². The van der Waals surface area contributed by atoms with E-state index in [1.165, 1.54) is 0 Å². The van der Waals surface area contributed by atoms with Crippen molar-refractivity contribution in [3.63, 3.8) is 0 Å². The Labute approximate surface area is 251 Å². The Morgan fingerprint density at radius 2 is 1.88 bits per heavy atom. The SMILES string of the molecule is Cc1ccc(OCc2ccc(C(=O)N3CCCC(C)(O)C3)cc2C)c(-c2csc(N3C[C@H]4CC[C@@H](C3)[C@H]4C(=O)O)n2)c1. The summed E-state index contributed by atoms with van der Waals surface area (Å²) in [5.41, 5.74) is 4.67. The molecule has 6 rings (SSSR count). The highest BCUT2D eigenvalue weighted by Crippen LogP contribution is 2.44. The van der Waals surface area contributed by atoms with Crippen molar-refractivity contribution in [2.24, 2.45) is 17.8 Å². The zero-order chi connectivity index (χ0) is 29.6. The van der Waals surface area contributed by atoms with Gasteiger partial charge in [0.25, 0.3) is 5.91 Å². The minimum absolute atomic E-state index is 0.0501. The van der Waals surface area contributed by atoms with Gasteiger partial charge in [0, 0.05) is 42.7 Å². The van der Waals surface area contributed by atoms with Gasteiger partial charge in [-0.2, -0.15) is 0 Å². The number of aryl methyl sites for hydroxylation is 2.